The summed E-state index contributed by atoms with van der Waals surface area (Å²) in [6.07, 6.45) is 5.14. The van der Waals surface area contributed by atoms with Gasteiger partial charge >= 0.3 is 5.97 Å². The van der Waals surface area contributed by atoms with Crippen LogP contribution in [0, 0.1) is 5.92 Å². The lowest BCUT2D eigenvalue weighted by molar-refractivity contribution is -0.140. The van der Waals surface area contributed by atoms with Gasteiger partial charge in [-0.1, -0.05) is 26.7 Å². The van der Waals surface area contributed by atoms with Gasteiger partial charge in [-0.3, -0.25) is 9.59 Å². The smallest absolute Gasteiger partial charge is 0.306 e. The van der Waals surface area contributed by atoms with E-state index >= 15 is 0 Å². The van der Waals surface area contributed by atoms with Gasteiger partial charge in [0, 0.05) is 11.3 Å². The van der Waals surface area contributed by atoms with E-state index in [1.54, 1.807) is 0 Å². The molecule has 1 N–H and O–H groups in total. The van der Waals surface area contributed by atoms with E-state index in [4.69, 9.17) is 0 Å². The van der Waals surface area contributed by atoms with E-state index < -0.39 is 0 Å². The second kappa shape index (κ2) is 8.46. The van der Waals surface area contributed by atoms with Gasteiger partial charge in [0.05, 0.1) is 19.3 Å². The molecule has 1 fully saturated rings. The SMILES string of the molecule is COC(=O)CC(C)SCC(=O)NC1CCCCC1C. The molecule has 0 saturated heterocycles. The Bertz CT molecular complexity index is 309. The van der Waals surface area contributed by atoms with Crippen LogP contribution in [0.15, 0.2) is 0 Å². The van der Waals surface area contributed by atoms with Crippen LogP contribution in [-0.4, -0.2) is 36.0 Å². The van der Waals surface area contributed by atoms with E-state index in [2.05, 4.69) is 17.0 Å². The first-order valence-electron chi connectivity index (χ1n) is 7.00. The summed E-state index contributed by atoms with van der Waals surface area (Å²) in [5, 5.41) is 3.23. The van der Waals surface area contributed by atoms with Crippen LogP contribution < -0.4 is 5.32 Å². The van der Waals surface area contributed by atoms with Gasteiger partial charge in [-0.25, -0.2) is 0 Å². The maximum atomic E-state index is 11.9. The van der Waals surface area contributed by atoms with Crippen LogP contribution in [0.25, 0.3) is 0 Å². The summed E-state index contributed by atoms with van der Waals surface area (Å²) in [6, 6.07) is 0.331. The van der Waals surface area contributed by atoms with E-state index in [0.29, 0.717) is 24.1 Å². The number of hydrogen-bond donors (Lipinski definition) is 1. The van der Waals surface area contributed by atoms with Gasteiger partial charge in [-0.05, 0) is 18.8 Å². The lowest BCUT2D eigenvalue weighted by Gasteiger charge is -2.29. The Morgan fingerprint density at radius 2 is 2.05 bits per heavy atom. The molecule has 3 unspecified atom stereocenters. The minimum atomic E-state index is -0.221. The lowest BCUT2D eigenvalue weighted by Crippen LogP contribution is -2.42. The van der Waals surface area contributed by atoms with Crippen molar-refractivity contribution in [3.63, 3.8) is 0 Å². The maximum Gasteiger partial charge on any atom is 0.306 e. The Kier molecular flexibility index (Phi) is 7.28. The second-order valence-electron chi connectivity index (χ2n) is 5.34. The molecule has 0 radical (unpaired) electrons. The molecule has 0 aliphatic heterocycles. The van der Waals surface area contributed by atoms with E-state index in [1.807, 2.05) is 6.92 Å². The summed E-state index contributed by atoms with van der Waals surface area (Å²) in [4.78, 5) is 23.0. The zero-order valence-electron chi connectivity index (χ0n) is 12.1. The molecule has 0 aromatic carbocycles. The van der Waals surface area contributed by atoms with E-state index in [1.165, 1.54) is 38.1 Å². The molecule has 1 amide bonds. The predicted molar refractivity (Wildman–Crippen MR) is 78.1 cm³/mol. The molecule has 19 heavy (non-hydrogen) atoms. The fourth-order valence-electron chi connectivity index (χ4n) is 2.37. The normalized spacial score (nSPS) is 24.6. The van der Waals surface area contributed by atoms with Crippen LogP contribution in [0.5, 0.6) is 0 Å². The largest absolute Gasteiger partial charge is 0.469 e. The molecule has 3 atom stereocenters. The van der Waals surface area contributed by atoms with Crippen molar-refractivity contribution in [2.45, 2.75) is 57.2 Å². The second-order valence-corrected chi connectivity index (χ2v) is 6.76. The molecule has 4 nitrogen and oxygen atoms in total. The number of esters is 1. The average molecular weight is 287 g/mol. The molecule has 0 spiro atoms. The molecule has 1 aliphatic carbocycles. The van der Waals surface area contributed by atoms with Crippen LogP contribution in [-0.2, 0) is 14.3 Å². The Hall–Kier alpha value is -0.710. The third kappa shape index (κ3) is 6.32. The summed E-state index contributed by atoms with van der Waals surface area (Å²) in [5.74, 6) is 0.860. The number of carbonyl (C=O) groups is 2. The van der Waals surface area contributed by atoms with Crippen molar-refractivity contribution in [3.05, 3.63) is 0 Å². The van der Waals surface area contributed by atoms with Crippen molar-refractivity contribution in [2.75, 3.05) is 12.9 Å². The Balaban J connectivity index is 2.21. The summed E-state index contributed by atoms with van der Waals surface area (Å²) in [5.41, 5.74) is 0. The average Bonchev–Trinajstić information content (AvgIpc) is 2.39. The summed E-state index contributed by atoms with van der Waals surface area (Å²) >= 11 is 1.51. The van der Waals surface area contributed by atoms with Gasteiger partial charge in [0.1, 0.15) is 0 Å². The third-order valence-electron chi connectivity index (χ3n) is 3.64. The molecule has 1 saturated carbocycles. The van der Waals surface area contributed by atoms with Gasteiger partial charge in [-0.15, -0.1) is 11.8 Å². The van der Waals surface area contributed by atoms with Crippen molar-refractivity contribution in [3.8, 4) is 0 Å². The van der Waals surface area contributed by atoms with Crippen molar-refractivity contribution in [1.29, 1.82) is 0 Å². The van der Waals surface area contributed by atoms with Crippen molar-refractivity contribution in [2.24, 2.45) is 5.92 Å². The molecule has 5 heteroatoms. The topological polar surface area (TPSA) is 55.4 Å². The highest BCUT2D eigenvalue weighted by atomic mass is 32.2. The third-order valence-corrected chi connectivity index (χ3v) is 4.80. The van der Waals surface area contributed by atoms with Gasteiger partial charge in [0.25, 0.3) is 0 Å². The van der Waals surface area contributed by atoms with Crippen LogP contribution in [0.2, 0.25) is 0 Å². The van der Waals surface area contributed by atoms with Crippen molar-refractivity contribution >= 4 is 23.6 Å². The molecule has 1 aliphatic rings. The number of methoxy groups -OCH3 is 1. The predicted octanol–water partition coefficient (Wildman–Crippen LogP) is 2.37. The first-order valence-corrected chi connectivity index (χ1v) is 8.05. The van der Waals surface area contributed by atoms with Crippen LogP contribution in [0.1, 0.15) is 46.0 Å². The molecule has 1 rings (SSSR count). The Morgan fingerprint density at radius 1 is 1.37 bits per heavy atom. The van der Waals surface area contributed by atoms with Crippen molar-refractivity contribution < 1.29 is 14.3 Å². The highest BCUT2D eigenvalue weighted by Crippen LogP contribution is 2.24. The molecular formula is C14H25NO3S. The molecule has 0 aromatic rings. The van der Waals surface area contributed by atoms with Gasteiger partial charge in [-0.2, -0.15) is 0 Å². The fourth-order valence-corrected chi connectivity index (χ4v) is 3.15. The highest BCUT2D eigenvalue weighted by molar-refractivity contribution is 8.00. The van der Waals surface area contributed by atoms with Gasteiger partial charge in [0.2, 0.25) is 5.91 Å². The quantitative estimate of drug-likeness (QED) is 0.762. The van der Waals surface area contributed by atoms with Crippen LogP contribution in [0.4, 0.5) is 0 Å². The highest BCUT2D eigenvalue weighted by Gasteiger charge is 2.23. The zero-order valence-corrected chi connectivity index (χ0v) is 12.9. The monoisotopic (exact) mass is 287 g/mol. The minimum absolute atomic E-state index is 0.0838. The number of carbonyl (C=O) groups excluding carboxylic acids is 2. The summed E-state index contributed by atoms with van der Waals surface area (Å²) < 4.78 is 4.61. The summed E-state index contributed by atoms with van der Waals surface area (Å²) in [6.45, 7) is 4.15. The number of ether oxygens (including phenoxy) is 1. The Labute approximate surface area is 120 Å². The number of rotatable bonds is 6. The zero-order chi connectivity index (χ0) is 14.3. The lowest BCUT2D eigenvalue weighted by atomic mass is 9.86. The number of hydrogen-bond acceptors (Lipinski definition) is 4. The van der Waals surface area contributed by atoms with Gasteiger partial charge < -0.3 is 10.1 Å². The first kappa shape index (κ1) is 16.3. The minimum Gasteiger partial charge on any atom is -0.469 e. The van der Waals surface area contributed by atoms with Crippen molar-refractivity contribution in [1.82, 2.24) is 5.32 Å². The molecule has 0 aromatic heterocycles. The number of thioether (sulfide) groups is 1. The summed E-state index contributed by atoms with van der Waals surface area (Å²) in [7, 11) is 1.39. The number of amides is 1. The standard InChI is InChI=1S/C14H25NO3S/c1-10-6-4-5-7-12(10)15-13(16)9-19-11(2)8-14(17)18-3/h10-12H,4-9H2,1-3H3,(H,15,16). The molecular weight excluding hydrogens is 262 g/mol. The van der Waals surface area contributed by atoms with Gasteiger partial charge in [0.15, 0.2) is 0 Å². The molecule has 110 valence electrons. The Morgan fingerprint density at radius 3 is 2.68 bits per heavy atom. The van der Waals surface area contributed by atoms with E-state index in [-0.39, 0.29) is 17.1 Å². The first-order chi connectivity index (χ1) is 9.02. The van der Waals surface area contributed by atoms with Crippen LogP contribution >= 0.6 is 11.8 Å². The molecule has 0 heterocycles. The van der Waals surface area contributed by atoms with E-state index in [0.717, 1.165) is 6.42 Å². The number of nitrogens with one attached hydrogen (secondary N) is 1. The van der Waals surface area contributed by atoms with E-state index in [9.17, 15) is 9.59 Å². The fraction of sp³-hybridized carbons (Fsp3) is 0.857. The maximum absolute atomic E-state index is 11.9. The van der Waals surface area contributed by atoms with Crippen LogP contribution in [0.3, 0.4) is 0 Å². The molecule has 0 bridgehead atoms.